The number of esters is 1. The van der Waals surface area contributed by atoms with Crippen molar-refractivity contribution in [2.45, 2.75) is 38.8 Å². The maximum atomic E-state index is 12.9. The zero-order valence-corrected chi connectivity index (χ0v) is 14.5. The number of carbonyl (C=O) groups excluding carboxylic acids is 2. The lowest BCUT2D eigenvalue weighted by Crippen LogP contribution is -2.52. The van der Waals surface area contributed by atoms with Gasteiger partial charge in [-0.2, -0.15) is 0 Å². The minimum Gasteiger partial charge on any atom is -0.467 e. The fraction of sp³-hybridized carbons (Fsp3) is 0.579. The summed E-state index contributed by atoms with van der Waals surface area (Å²) in [5.74, 6) is 0.323. The molecule has 0 radical (unpaired) electrons. The molecule has 0 N–H and O–H groups in total. The van der Waals surface area contributed by atoms with E-state index in [-0.39, 0.29) is 11.9 Å². The van der Waals surface area contributed by atoms with Crippen molar-refractivity contribution in [3.05, 3.63) is 35.4 Å². The lowest BCUT2D eigenvalue weighted by molar-refractivity contribution is -0.154. The van der Waals surface area contributed by atoms with Crippen LogP contribution in [-0.2, 0) is 27.3 Å². The third kappa shape index (κ3) is 3.61. The number of piperidine rings is 1. The highest BCUT2D eigenvalue weighted by Gasteiger charge is 2.35. The molecule has 3 rings (SSSR count). The topological polar surface area (TPSA) is 49.9 Å². The molecule has 0 aromatic heterocycles. The number of methoxy groups -OCH3 is 1. The van der Waals surface area contributed by atoms with E-state index in [2.05, 4.69) is 11.8 Å². The minimum atomic E-state index is -0.514. The van der Waals surface area contributed by atoms with Crippen LogP contribution in [0.25, 0.3) is 0 Å². The van der Waals surface area contributed by atoms with Gasteiger partial charge in [0.1, 0.15) is 6.04 Å². The van der Waals surface area contributed by atoms with Crippen molar-refractivity contribution < 1.29 is 14.3 Å². The molecule has 1 saturated heterocycles. The summed E-state index contributed by atoms with van der Waals surface area (Å²) in [4.78, 5) is 29.0. The third-order valence-electron chi connectivity index (χ3n) is 5.14. The number of fused-ring (bicyclic) bond motifs is 1. The van der Waals surface area contributed by atoms with Gasteiger partial charge in [0.2, 0.25) is 5.91 Å². The smallest absolute Gasteiger partial charge is 0.328 e. The molecule has 1 amide bonds. The van der Waals surface area contributed by atoms with Crippen molar-refractivity contribution in [2.24, 2.45) is 5.92 Å². The number of hydrogen-bond acceptors (Lipinski definition) is 4. The van der Waals surface area contributed by atoms with Gasteiger partial charge in [-0.3, -0.25) is 9.69 Å². The number of amides is 1. The number of carbonyl (C=O) groups is 2. The molecule has 2 atom stereocenters. The number of nitrogens with zero attached hydrogens (tertiary/aromatic N) is 2. The van der Waals surface area contributed by atoms with Gasteiger partial charge in [-0.1, -0.05) is 31.2 Å². The van der Waals surface area contributed by atoms with Crippen molar-refractivity contribution in [3.63, 3.8) is 0 Å². The largest absolute Gasteiger partial charge is 0.467 e. The molecule has 1 aromatic carbocycles. The second-order valence-electron chi connectivity index (χ2n) is 7.02. The van der Waals surface area contributed by atoms with Gasteiger partial charge in [-0.05, 0) is 36.4 Å². The van der Waals surface area contributed by atoms with Gasteiger partial charge >= 0.3 is 5.97 Å². The number of rotatable bonds is 3. The Morgan fingerprint density at radius 2 is 2.00 bits per heavy atom. The highest BCUT2D eigenvalue weighted by Crippen LogP contribution is 2.25. The molecule has 0 spiro atoms. The average Bonchev–Trinajstić information content (AvgIpc) is 2.60. The SMILES string of the molecule is COC(=O)C1Cc2ccccc2CN1C(=O)CN1CCCC(C)C1. The van der Waals surface area contributed by atoms with Crippen LogP contribution < -0.4 is 0 Å². The minimum absolute atomic E-state index is 0.0222. The van der Waals surface area contributed by atoms with Crippen molar-refractivity contribution >= 4 is 11.9 Å². The van der Waals surface area contributed by atoms with Crippen molar-refractivity contribution in [1.82, 2.24) is 9.80 Å². The van der Waals surface area contributed by atoms with E-state index in [1.54, 1.807) is 4.90 Å². The van der Waals surface area contributed by atoms with Crippen LogP contribution in [0, 0.1) is 5.92 Å². The Morgan fingerprint density at radius 1 is 1.25 bits per heavy atom. The van der Waals surface area contributed by atoms with Crippen LogP contribution in [0.2, 0.25) is 0 Å². The summed E-state index contributed by atoms with van der Waals surface area (Å²) in [6, 6.07) is 7.50. The Bertz CT molecular complexity index is 616. The lowest BCUT2D eigenvalue weighted by atomic mass is 9.93. The molecule has 2 aliphatic rings. The Kier molecular flexibility index (Phi) is 5.19. The standard InChI is InChI=1S/C19H26N2O3/c1-14-6-5-9-20(11-14)13-18(22)21-12-16-8-4-3-7-15(16)10-17(21)19(23)24-2/h3-4,7-8,14,17H,5-6,9-13H2,1-2H3. The number of benzene rings is 1. The molecule has 2 aliphatic heterocycles. The molecule has 2 heterocycles. The van der Waals surface area contributed by atoms with Gasteiger partial charge < -0.3 is 9.64 Å². The molecule has 5 heteroatoms. The summed E-state index contributed by atoms with van der Waals surface area (Å²) in [6.45, 7) is 5.02. The molecular formula is C19H26N2O3. The highest BCUT2D eigenvalue weighted by molar-refractivity contribution is 5.86. The maximum Gasteiger partial charge on any atom is 0.328 e. The monoisotopic (exact) mass is 330 g/mol. The van der Waals surface area contributed by atoms with Crippen LogP contribution in [0.3, 0.4) is 0 Å². The molecular weight excluding hydrogens is 304 g/mol. The molecule has 1 aromatic rings. The first-order chi connectivity index (χ1) is 11.6. The van der Waals surface area contributed by atoms with Crippen LogP contribution in [0.1, 0.15) is 30.9 Å². The van der Waals surface area contributed by atoms with Crippen molar-refractivity contribution in [2.75, 3.05) is 26.7 Å². The molecule has 5 nitrogen and oxygen atoms in total. The second-order valence-corrected chi connectivity index (χ2v) is 7.02. The summed E-state index contributed by atoms with van der Waals surface area (Å²) in [6.07, 6.45) is 2.90. The normalized spacial score (nSPS) is 24.3. The van der Waals surface area contributed by atoms with Crippen molar-refractivity contribution in [1.29, 1.82) is 0 Å². The summed E-state index contributed by atoms with van der Waals surface area (Å²) in [7, 11) is 1.39. The van der Waals surface area contributed by atoms with Gasteiger partial charge in [-0.25, -0.2) is 4.79 Å². The average molecular weight is 330 g/mol. The molecule has 0 saturated carbocycles. The molecule has 2 unspecified atom stereocenters. The quantitative estimate of drug-likeness (QED) is 0.794. The van der Waals surface area contributed by atoms with E-state index in [1.165, 1.54) is 13.5 Å². The molecule has 24 heavy (non-hydrogen) atoms. The number of ether oxygens (including phenoxy) is 1. The fourth-order valence-electron chi connectivity index (χ4n) is 3.84. The zero-order chi connectivity index (χ0) is 17.1. The van der Waals surface area contributed by atoms with Crippen LogP contribution >= 0.6 is 0 Å². The van der Waals surface area contributed by atoms with Crippen LogP contribution in [-0.4, -0.2) is 54.5 Å². The maximum absolute atomic E-state index is 12.9. The van der Waals surface area contributed by atoms with Gasteiger partial charge in [0, 0.05) is 19.5 Å². The predicted octanol–water partition coefficient (Wildman–Crippen LogP) is 1.84. The van der Waals surface area contributed by atoms with E-state index in [1.807, 2.05) is 24.3 Å². The molecule has 1 fully saturated rings. The van der Waals surface area contributed by atoms with E-state index in [0.717, 1.165) is 30.6 Å². The van der Waals surface area contributed by atoms with E-state index < -0.39 is 6.04 Å². The van der Waals surface area contributed by atoms with E-state index >= 15 is 0 Å². The summed E-state index contributed by atoms with van der Waals surface area (Å²) in [5, 5.41) is 0. The van der Waals surface area contributed by atoms with E-state index in [9.17, 15) is 9.59 Å². The molecule has 0 aliphatic carbocycles. The summed E-state index contributed by atoms with van der Waals surface area (Å²) < 4.78 is 4.95. The lowest BCUT2D eigenvalue weighted by Gasteiger charge is -2.37. The fourth-order valence-corrected chi connectivity index (χ4v) is 3.84. The number of hydrogen-bond donors (Lipinski definition) is 0. The first kappa shape index (κ1) is 17.0. The van der Waals surface area contributed by atoms with Gasteiger partial charge in [-0.15, -0.1) is 0 Å². The Labute approximate surface area is 143 Å². The van der Waals surface area contributed by atoms with Crippen LogP contribution in [0.15, 0.2) is 24.3 Å². The second kappa shape index (κ2) is 7.34. The van der Waals surface area contributed by atoms with Crippen molar-refractivity contribution in [3.8, 4) is 0 Å². The molecule has 130 valence electrons. The van der Waals surface area contributed by atoms with Gasteiger partial charge in [0.05, 0.1) is 13.7 Å². The van der Waals surface area contributed by atoms with Gasteiger partial charge in [0.25, 0.3) is 0 Å². The van der Waals surface area contributed by atoms with Gasteiger partial charge in [0.15, 0.2) is 0 Å². The number of likely N-dealkylation sites (tertiary alicyclic amines) is 1. The van der Waals surface area contributed by atoms with E-state index in [0.29, 0.717) is 25.4 Å². The third-order valence-corrected chi connectivity index (χ3v) is 5.14. The van der Waals surface area contributed by atoms with Crippen LogP contribution in [0.4, 0.5) is 0 Å². The Morgan fingerprint density at radius 3 is 2.71 bits per heavy atom. The van der Waals surface area contributed by atoms with Crippen LogP contribution in [0.5, 0.6) is 0 Å². The summed E-state index contributed by atoms with van der Waals surface area (Å²) >= 11 is 0. The first-order valence-corrected chi connectivity index (χ1v) is 8.75. The van der Waals surface area contributed by atoms with E-state index in [4.69, 9.17) is 4.74 Å². The highest BCUT2D eigenvalue weighted by atomic mass is 16.5. The zero-order valence-electron chi connectivity index (χ0n) is 14.5. The Hall–Kier alpha value is -1.88. The first-order valence-electron chi connectivity index (χ1n) is 8.75. The predicted molar refractivity (Wildman–Crippen MR) is 91.3 cm³/mol. The molecule has 0 bridgehead atoms. The Balaban J connectivity index is 1.75. The summed E-state index contributed by atoms with van der Waals surface area (Å²) in [5.41, 5.74) is 2.25.